The van der Waals surface area contributed by atoms with Crippen LogP contribution in [0.4, 0.5) is 5.69 Å². The van der Waals surface area contributed by atoms with Crippen molar-refractivity contribution in [2.45, 2.75) is 11.3 Å². The second-order valence-corrected chi connectivity index (χ2v) is 5.84. The lowest BCUT2D eigenvalue weighted by atomic mass is 10.1. The first-order valence-corrected chi connectivity index (χ1v) is 7.48. The number of rotatable bonds is 4. The van der Waals surface area contributed by atoms with E-state index in [1.54, 1.807) is 12.1 Å². The number of carbonyl (C=O) groups excluding carboxylic acids is 1. The number of amides is 1. The summed E-state index contributed by atoms with van der Waals surface area (Å²) in [5, 5.41) is 13.4. The fourth-order valence-corrected chi connectivity index (χ4v) is 2.29. The molecule has 2 aromatic carbocycles. The highest BCUT2D eigenvalue weighted by Crippen LogP contribution is 2.19. The minimum absolute atomic E-state index is 0.0620. The van der Waals surface area contributed by atoms with Crippen molar-refractivity contribution in [3.63, 3.8) is 0 Å². The van der Waals surface area contributed by atoms with Crippen LogP contribution in [0, 0.1) is 10.7 Å². The number of anilines is 1. The zero-order valence-electron chi connectivity index (χ0n) is 10.5. The van der Waals surface area contributed by atoms with Crippen LogP contribution in [0.3, 0.4) is 0 Å². The molecule has 3 nitrogen and oxygen atoms in total. The van der Waals surface area contributed by atoms with E-state index >= 15 is 0 Å². The van der Waals surface area contributed by atoms with Gasteiger partial charge in [-0.05, 0) is 53.7 Å². The fourth-order valence-electron chi connectivity index (χ4n) is 1.65. The Morgan fingerprint density at radius 1 is 1.15 bits per heavy atom. The average molecular weight is 347 g/mol. The summed E-state index contributed by atoms with van der Waals surface area (Å²) >= 11 is 4.45. The molecule has 0 unspecified atom stereocenters. The Morgan fingerprint density at radius 3 is 2.40 bits per heavy atom. The highest BCUT2D eigenvalue weighted by Gasteiger charge is 2.04. The molecule has 0 aliphatic heterocycles. The molecule has 5 heteroatoms. The topological polar surface area (TPSA) is 52.9 Å². The van der Waals surface area contributed by atoms with Crippen LogP contribution >= 0.6 is 27.7 Å². The number of nitrogens with zero attached hydrogens (tertiary/aromatic N) is 1. The van der Waals surface area contributed by atoms with E-state index in [2.05, 4.69) is 21.2 Å². The molecule has 100 valence electrons. The quantitative estimate of drug-likeness (QED) is 0.666. The maximum absolute atomic E-state index is 11.9. The minimum Gasteiger partial charge on any atom is -0.326 e. The molecular formula is C15H11BrN2OS. The van der Waals surface area contributed by atoms with E-state index in [1.807, 2.05) is 41.8 Å². The third-order valence-corrected chi connectivity index (χ3v) is 3.71. The number of benzene rings is 2. The van der Waals surface area contributed by atoms with Crippen LogP contribution in [-0.4, -0.2) is 5.91 Å². The van der Waals surface area contributed by atoms with Crippen LogP contribution in [0.5, 0.6) is 0 Å². The van der Waals surface area contributed by atoms with Gasteiger partial charge in [0.05, 0.1) is 6.42 Å². The molecule has 2 rings (SSSR count). The fraction of sp³-hybridized carbons (Fsp3) is 0.0667. The van der Waals surface area contributed by atoms with Crippen molar-refractivity contribution in [2.75, 3.05) is 5.32 Å². The molecule has 1 N–H and O–H groups in total. The zero-order chi connectivity index (χ0) is 14.4. The van der Waals surface area contributed by atoms with Crippen molar-refractivity contribution < 1.29 is 4.79 Å². The highest BCUT2D eigenvalue weighted by atomic mass is 79.9. The maximum atomic E-state index is 11.9. The SMILES string of the molecule is N#CSc1ccc(NC(=O)Cc2ccc(Br)cc2)cc1. The largest absolute Gasteiger partial charge is 0.326 e. The van der Waals surface area contributed by atoms with Gasteiger partial charge in [-0.15, -0.1) is 0 Å². The summed E-state index contributed by atoms with van der Waals surface area (Å²) in [6, 6.07) is 14.9. The second kappa shape index (κ2) is 7.13. The zero-order valence-corrected chi connectivity index (χ0v) is 12.9. The smallest absolute Gasteiger partial charge is 0.228 e. The van der Waals surface area contributed by atoms with Crippen LogP contribution < -0.4 is 5.32 Å². The van der Waals surface area contributed by atoms with Gasteiger partial charge >= 0.3 is 0 Å². The van der Waals surface area contributed by atoms with E-state index < -0.39 is 0 Å². The normalized spacial score (nSPS) is 9.80. The predicted molar refractivity (Wildman–Crippen MR) is 84.4 cm³/mol. The Hall–Kier alpha value is -1.77. The van der Waals surface area contributed by atoms with Crippen molar-refractivity contribution in [1.82, 2.24) is 0 Å². The second-order valence-electron chi connectivity index (χ2n) is 4.07. The number of thioether (sulfide) groups is 1. The molecule has 0 spiro atoms. The van der Waals surface area contributed by atoms with E-state index in [0.717, 1.165) is 32.4 Å². The molecule has 2 aromatic rings. The summed E-state index contributed by atoms with van der Waals surface area (Å²) in [7, 11) is 0. The summed E-state index contributed by atoms with van der Waals surface area (Å²) in [5.41, 5.74) is 1.69. The summed E-state index contributed by atoms with van der Waals surface area (Å²) in [6.45, 7) is 0. The Labute approximate surface area is 130 Å². The third-order valence-electron chi connectivity index (χ3n) is 2.58. The number of hydrogen-bond acceptors (Lipinski definition) is 3. The van der Waals surface area contributed by atoms with Crippen LogP contribution in [0.1, 0.15) is 5.56 Å². The Bertz CT molecular complexity index is 632. The van der Waals surface area contributed by atoms with Gasteiger partial charge in [0.15, 0.2) is 0 Å². The first-order valence-electron chi connectivity index (χ1n) is 5.87. The van der Waals surface area contributed by atoms with Gasteiger partial charge in [-0.1, -0.05) is 28.1 Å². The highest BCUT2D eigenvalue weighted by molar-refractivity contribution is 9.10. The van der Waals surface area contributed by atoms with Gasteiger partial charge in [0, 0.05) is 15.1 Å². The first-order chi connectivity index (χ1) is 9.67. The van der Waals surface area contributed by atoms with Gasteiger partial charge in [0.25, 0.3) is 0 Å². The molecule has 0 heterocycles. The van der Waals surface area contributed by atoms with E-state index in [0.29, 0.717) is 6.42 Å². The first kappa shape index (κ1) is 14.6. The molecule has 0 aromatic heterocycles. The molecule has 0 radical (unpaired) electrons. The average Bonchev–Trinajstić information content (AvgIpc) is 2.44. The minimum atomic E-state index is -0.0620. The van der Waals surface area contributed by atoms with Crippen LogP contribution in [0.2, 0.25) is 0 Å². The molecule has 0 aliphatic rings. The van der Waals surface area contributed by atoms with E-state index in [4.69, 9.17) is 5.26 Å². The van der Waals surface area contributed by atoms with Gasteiger partial charge in [0.2, 0.25) is 5.91 Å². The summed E-state index contributed by atoms with van der Waals surface area (Å²) < 4.78 is 0.993. The van der Waals surface area contributed by atoms with Crippen LogP contribution in [0.15, 0.2) is 57.9 Å². The summed E-state index contributed by atoms with van der Waals surface area (Å²) in [4.78, 5) is 12.8. The molecular weight excluding hydrogens is 336 g/mol. The van der Waals surface area contributed by atoms with E-state index in [-0.39, 0.29) is 5.91 Å². The Kier molecular flexibility index (Phi) is 5.22. The molecule has 0 saturated carbocycles. The van der Waals surface area contributed by atoms with E-state index in [1.165, 1.54) is 0 Å². The standard InChI is InChI=1S/C15H11BrN2OS/c16-12-3-1-11(2-4-12)9-15(19)18-13-5-7-14(8-6-13)20-10-17/h1-8H,9H2,(H,18,19). The lowest BCUT2D eigenvalue weighted by molar-refractivity contribution is -0.115. The molecule has 0 atom stereocenters. The Balaban J connectivity index is 1.94. The third kappa shape index (κ3) is 4.41. The molecule has 0 aliphatic carbocycles. The van der Waals surface area contributed by atoms with Crippen LogP contribution in [0.25, 0.3) is 0 Å². The van der Waals surface area contributed by atoms with E-state index in [9.17, 15) is 4.79 Å². The number of carbonyl (C=O) groups is 1. The van der Waals surface area contributed by atoms with Crippen molar-refractivity contribution in [2.24, 2.45) is 0 Å². The number of halogens is 1. The van der Waals surface area contributed by atoms with Crippen LogP contribution in [-0.2, 0) is 11.2 Å². The molecule has 0 saturated heterocycles. The maximum Gasteiger partial charge on any atom is 0.228 e. The molecule has 0 fully saturated rings. The van der Waals surface area contributed by atoms with Gasteiger partial charge in [0.1, 0.15) is 5.40 Å². The van der Waals surface area contributed by atoms with Crippen molar-refractivity contribution in [1.29, 1.82) is 5.26 Å². The van der Waals surface area contributed by atoms with Gasteiger partial charge in [-0.3, -0.25) is 4.79 Å². The van der Waals surface area contributed by atoms with Gasteiger partial charge < -0.3 is 5.32 Å². The summed E-state index contributed by atoms with van der Waals surface area (Å²) in [5.74, 6) is -0.0620. The van der Waals surface area contributed by atoms with Gasteiger partial charge in [-0.2, -0.15) is 5.26 Å². The molecule has 0 bridgehead atoms. The predicted octanol–water partition coefficient (Wildman–Crippen LogP) is 4.20. The lowest BCUT2D eigenvalue weighted by Crippen LogP contribution is -2.14. The Morgan fingerprint density at radius 2 is 1.80 bits per heavy atom. The lowest BCUT2D eigenvalue weighted by Gasteiger charge is -2.06. The van der Waals surface area contributed by atoms with Crippen molar-refractivity contribution >= 4 is 39.3 Å². The molecule has 20 heavy (non-hydrogen) atoms. The molecule has 1 amide bonds. The van der Waals surface area contributed by atoms with Gasteiger partial charge in [-0.25, -0.2) is 0 Å². The number of hydrogen-bond donors (Lipinski definition) is 1. The van der Waals surface area contributed by atoms with Crippen molar-refractivity contribution in [3.8, 4) is 5.40 Å². The number of thiocyanates is 1. The number of nitriles is 1. The number of nitrogens with one attached hydrogen (secondary N) is 1. The monoisotopic (exact) mass is 346 g/mol. The summed E-state index contributed by atoms with van der Waals surface area (Å²) in [6.07, 6.45) is 0.335. The van der Waals surface area contributed by atoms with Crippen molar-refractivity contribution in [3.05, 3.63) is 58.6 Å².